The van der Waals surface area contributed by atoms with Crippen LogP contribution in [0.25, 0.3) is 0 Å². The highest BCUT2D eigenvalue weighted by molar-refractivity contribution is 7.89. The van der Waals surface area contributed by atoms with Crippen LogP contribution in [0.4, 0.5) is 5.69 Å². The van der Waals surface area contributed by atoms with E-state index in [-0.39, 0.29) is 28.4 Å². The third kappa shape index (κ3) is 4.70. The van der Waals surface area contributed by atoms with E-state index in [1.165, 1.54) is 42.0 Å². The second-order valence-corrected chi connectivity index (χ2v) is 8.39. The van der Waals surface area contributed by atoms with Gasteiger partial charge in [0.05, 0.1) is 11.1 Å². The Balaban J connectivity index is 1.59. The van der Waals surface area contributed by atoms with Gasteiger partial charge < -0.3 is 10.6 Å². The van der Waals surface area contributed by atoms with E-state index < -0.39 is 10.0 Å². The number of sulfonamides is 1. The van der Waals surface area contributed by atoms with Gasteiger partial charge in [0, 0.05) is 44.1 Å². The van der Waals surface area contributed by atoms with Gasteiger partial charge in [-0.3, -0.25) is 14.6 Å². The predicted octanol–water partition coefficient (Wildman–Crippen LogP) is 1.02. The molecule has 10 heteroatoms. The third-order valence-electron chi connectivity index (χ3n) is 4.40. The molecule has 2 amide bonds. The molecule has 1 fully saturated rings. The fourth-order valence-corrected chi connectivity index (χ4v) is 4.45. The van der Waals surface area contributed by atoms with Gasteiger partial charge in [-0.05, 0) is 37.1 Å². The van der Waals surface area contributed by atoms with Crippen LogP contribution in [-0.4, -0.2) is 53.6 Å². The Morgan fingerprint density at radius 2 is 1.79 bits per heavy atom. The first-order chi connectivity index (χ1) is 13.4. The summed E-state index contributed by atoms with van der Waals surface area (Å²) in [6, 6.07) is 5.94. The van der Waals surface area contributed by atoms with Crippen molar-refractivity contribution < 1.29 is 18.0 Å². The number of nitrogens with zero attached hydrogens (tertiary/aromatic N) is 3. The predicted molar refractivity (Wildman–Crippen MR) is 102 cm³/mol. The van der Waals surface area contributed by atoms with Gasteiger partial charge in [0.1, 0.15) is 5.69 Å². The van der Waals surface area contributed by atoms with E-state index in [2.05, 4.69) is 20.6 Å². The van der Waals surface area contributed by atoms with Gasteiger partial charge in [0.25, 0.3) is 5.91 Å². The van der Waals surface area contributed by atoms with Gasteiger partial charge in [-0.1, -0.05) is 0 Å². The molecule has 2 N–H and O–H groups in total. The van der Waals surface area contributed by atoms with Crippen molar-refractivity contribution in [2.75, 3.05) is 18.4 Å². The number of piperidine rings is 1. The molecule has 0 bridgehead atoms. The van der Waals surface area contributed by atoms with E-state index in [0.29, 0.717) is 31.6 Å². The molecule has 2 heterocycles. The maximum Gasteiger partial charge on any atom is 0.271 e. The van der Waals surface area contributed by atoms with Crippen LogP contribution in [-0.2, 0) is 14.8 Å². The number of aromatic nitrogens is 2. The maximum absolute atomic E-state index is 12.8. The van der Waals surface area contributed by atoms with Crippen molar-refractivity contribution in [3.8, 4) is 0 Å². The molecule has 0 unspecified atom stereocenters. The fourth-order valence-electron chi connectivity index (χ4n) is 2.98. The summed E-state index contributed by atoms with van der Waals surface area (Å²) in [7, 11) is -3.63. The molecule has 2 aromatic rings. The minimum Gasteiger partial charge on any atom is -0.348 e. The molecule has 1 aromatic heterocycles. The van der Waals surface area contributed by atoms with Crippen LogP contribution in [0.3, 0.4) is 0 Å². The summed E-state index contributed by atoms with van der Waals surface area (Å²) >= 11 is 0. The molecule has 0 spiro atoms. The number of hydrogen-bond acceptors (Lipinski definition) is 6. The minimum atomic E-state index is -3.63. The topological polar surface area (TPSA) is 121 Å². The summed E-state index contributed by atoms with van der Waals surface area (Å²) in [6.07, 6.45) is 5.34. The van der Waals surface area contributed by atoms with E-state index in [0.717, 1.165) is 0 Å². The Kier molecular flexibility index (Phi) is 6.00. The van der Waals surface area contributed by atoms with Crippen LogP contribution in [0.15, 0.2) is 47.8 Å². The molecule has 9 nitrogen and oxygen atoms in total. The van der Waals surface area contributed by atoms with E-state index in [1.807, 2.05) is 0 Å². The zero-order valence-corrected chi connectivity index (χ0v) is 16.1. The molecular formula is C18H21N5O4S. The summed E-state index contributed by atoms with van der Waals surface area (Å²) in [5, 5.41) is 5.47. The highest BCUT2D eigenvalue weighted by atomic mass is 32.2. The Bertz CT molecular complexity index is 940. The van der Waals surface area contributed by atoms with Crippen LogP contribution in [0, 0.1) is 0 Å². The lowest BCUT2D eigenvalue weighted by molar-refractivity contribution is -0.114. The summed E-state index contributed by atoms with van der Waals surface area (Å²) in [6.45, 7) is 2.00. The van der Waals surface area contributed by atoms with Gasteiger partial charge >= 0.3 is 0 Å². The summed E-state index contributed by atoms with van der Waals surface area (Å²) < 4.78 is 27.0. The molecule has 0 radical (unpaired) electrons. The number of hydrogen-bond donors (Lipinski definition) is 2. The van der Waals surface area contributed by atoms with Crippen LogP contribution in [0.1, 0.15) is 30.3 Å². The van der Waals surface area contributed by atoms with E-state index in [9.17, 15) is 18.0 Å². The number of amides is 2. The number of anilines is 1. The quantitative estimate of drug-likeness (QED) is 0.769. The van der Waals surface area contributed by atoms with Crippen molar-refractivity contribution in [1.82, 2.24) is 19.6 Å². The zero-order chi connectivity index (χ0) is 20.1. The highest BCUT2D eigenvalue weighted by Crippen LogP contribution is 2.22. The largest absolute Gasteiger partial charge is 0.348 e. The molecule has 1 saturated heterocycles. The lowest BCUT2D eigenvalue weighted by atomic mass is 10.1. The van der Waals surface area contributed by atoms with E-state index in [1.54, 1.807) is 12.1 Å². The first-order valence-corrected chi connectivity index (χ1v) is 10.2. The molecule has 1 aromatic carbocycles. The van der Waals surface area contributed by atoms with Crippen LogP contribution < -0.4 is 10.6 Å². The first-order valence-electron chi connectivity index (χ1n) is 8.81. The average molecular weight is 403 g/mol. The molecule has 3 rings (SSSR count). The molecule has 1 aliphatic heterocycles. The number of carbonyl (C=O) groups excluding carboxylic acids is 2. The molecule has 148 valence electrons. The monoisotopic (exact) mass is 403 g/mol. The average Bonchev–Trinajstić information content (AvgIpc) is 2.69. The van der Waals surface area contributed by atoms with Crippen molar-refractivity contribution in [3.05, 3.63) is 48.5 Å². The smallest absolute Gasteiger partial charge is 0.271 e. The summed E-state index contributed by atoms with van der Waals surface area (Å²) in [5.74, 6) is -0.538. The number of carbonyl (C=O) groups is 2. The molecule has 0 aliphatic carbocycles. The minimum absolute atomic E-state index is 0.122. The van der Waals surface area contributed by atoms with Crippen molar-refractivity contribution >= 4 is 27.5 Å². The van der Waals surface area contributed by atoms with Gasteiger partial charge in [0.2, 0.25) is 15.9 Å². The lowest BCUT2D eigenvalue weighted by Crippen LogP contribution is -2.46. The van der Waals surface area contributed by atoms with Gasteiger partial charge in [-0.25, -0.2) is 13.4 Å². The lowest BCUT2D eigenvalue weighted by Gasteiger charge is -2.31. The zero-order valence-electron chi connectivity index (χ0n) is 15.3. The Hall–Kier alpha value is -2.85. The Labute approximate surface area is 163 Å². The molecular weight excluding hydrogens is 382 g/mol. The van der Waals surface area contributed by atoms with Crippen molar-refractivity contribution in [3.63, 3.8) is 0 Å². The SMILES string of the molecule is CC(=O)Nc1ccc(S(=O)(=O)N2CCC(NC(=O)c3cnccn3)CC2)cc1. The summed E-state index contributed by atoms with van der Waals surface area (Å²) in [4.78, 5) is 31.2. The van der Waals surface area contributed by atoms with Crippen molar-refractivity contribution in [2.24, 2.45) is 0 Å². The standard InChI is InChI=1S/C18H21N5O4S/c1-13(24)21-14-2-4-16(5-3-14)28(26,27)23-10-6-15(7-11-23)22-18(25)17-12-19-8-9-20-17/h2-5,8-9,12,15H,6-7,10-11H2,1H3,(H,21,24)(H,22,25). The highest BCUT2D eigenvalue weighted by Gasteiger charge is 2.30. The van der Waals surface area contributed by atoms with Crippen LogP contribution in [0.5, 0.6) is 0 Å². The van der Waals surface area contributed by atoms with Crippen molar-refractivity contribution in [1.29, 1.82) is 0 Å². The molecule has 28 heavy (non-hydrogen) atoms. The second kappa shape index (κ2) is 8.44. The molecule has 0 saturated carbocycles. The first kappa shape index (κ1) is 19.9. The van der Waals surface area contributed by atoms with Gasteiger partial charge in [0.15, 0.2) is 0 Å². The summed E-state index contributed by atoms with van der Waals surface area (Å²) in [5.41, 5.74) is 0.772. The molecule has 1 aliphatic rings. The van der Waals surface area contributed by atoms with Gasteiger partial charge in [-0.15, -0.1) is 0 Å². The maximum atomic E-state index is 12.8. The van der Waals surface area contributed by atoms with E-state index >= 15 is 0 Å². The van der Waals surface area contributed by atoms with Crippen molar-refractivity contribution in [2.45, 2.75) is 30.7 Å². The second-order valence-electron chi connectivity index (χ2n) is 6.45. The van der Waals surface area contributed by atoms with Gasteiger partial charge in [-0.2, -0.15) is 4.31 Å². The number of rotatable bonds is 5. The third-order valence-corrected chi connectivity index (χ3v) is 6.31. The number of benzene rings is 1. The van der Waals surface area contributed by atoms with E-state index in [4.69, 9.17) is 0 Å². The van der Waals surface area contributed by atoms with Crippen LogP contribution in [0.2, 0.25) is 0 Å². The normalized spacial score (nSPS) is 15.8. The Morgan fingerprint density at radius 3 is 2.36 bits per heavy atom. The molecule has 0 atom stereocenters. The number of nitrogens with one attached hydrogen (secondary N) is 2. The van der Waals surface area contributed by atoms with Crippen LogP contribution >= 0.6 is 0 Å². The Morgan fingerprint density at radius 1 is 1.11 bits per heavy atom. The fraction of sp³-hybridized carbons (Fsp3) is 0.333.